The highest BCUT2D eigenvalue weighted by atomic mass is 16.5. The molecule has 14 heavy (non-hydrogen) atoms. The topological polar surface area (TPSA) is 26.3 Å². The molecule has 0 saturated heterocycles. The average molecular weight is 190 g/mol. The van der Waals surface area contributed by atoms with Gasteiger partial charge in [0.1, 0.15) is 5.75 Å². The predicted octanol–water partition coefficient (Wildman–Crippen LogP) is 2.38. The Kier molecular flexibility index (Phi) is 3.92. The van der Waals surface area contributed by atoms with Crippen LogP contribution in [-0.4, -0.2) is 12.9 Å². The van der Waals surface area contributed by atoms with Crippen molar-refractivity contribution in [3.05, 3.63) is 42.0 Å². The van der Waals surface area contributed by atoms with Gasteiger partial charge in [-0.3, -0.25) is 4.79 Å². The van der Waals surface area contributed by atoms with Crippen LogP contribution < -0.4 is 4.74 Å². The third kappa shape index (κ3) is 3.05. The summed E-state index contributed by atoms with van der Waals surface area (Å²) in [5.41, 5.74) is 1.09. The fraction of sp³-hybridized carbons (Fsp3) is 0.250. The first-order valence-corrected chi connectivity index (χ1v) is 4.53. The minimum absolute atomic E-state index is 0.0693. The van der Waals surface area contributed by atoms with E-state index in [1.165, 1.54) is 0 Å². The third-order valence-corrected chi connectivity index (χ3v) is 1.88. The van der Waals surface area contributed by atoms with Crippen molar-refractivity contribution in [2.45, 2.75) is 13.3 Å². The summed E-state index contributed by atoms with van der Waals surface area (Å²) in [6.45, 7) is 1.54. The Morgan fingerprint density at radius 2 is 2.14 bits per heavy atom. The van der Waals surface area contributed by atoms with Gasteiger partial charge in [0.05, 0.1) is 7.11 Å². The number of allylic oxidation sites excluding steroid dienone is 2. The van der Waals surface area contributed by atoms with Crippen LogP contribution in [0.4, 0.5) is 0 Å². The Morgan fingerprint density at radius 3 is 2.79 bits per heavy atom. The molecule has 0 bridgehead atoms. The molecule has 2 nitrogen and oxygen atoms in total. The van der Waals surface area contributed by atoms with Crippen molar-refractivity contribution >= 4 is 5.78 Å². The molecule has 0 saturated carbocycles. The van der Waals surface area contributed by atoms with Crippen molar-refractivity contribution in [1.82, 2.24) is 0 Å². The summed E-state index contributed by atoms with van der Waals surface area (Å²) in [6, 6.07) is 7.79. The Bertz CT molecular complexity index is 340. The highest BCUT2D eigenvalue weighted by Crippen LogP contribution is 2.17. The van der Waals surface area contributed by atoms with E-state index in [-0.39, 0.29) is 5.78 Å². The van der Waals surface area contributed by atoms with Crippen molar-refractivity contribution < 1.29 is 9.53 Å². The van der Waals surface area contributed by atoms with E-state index >= 15 is 0 Å². The maximum absolute atomic E-state index is 10.7. The van der Waals surface area contributed by atoms with E-state index in [0.717, 1.165) is 17.7 Å². The Balaban J connectivity index is 2.71. The molecule has 1 rings (SSSR count). The fourth-order valence-corrected chi connectivity index (χ4v) is 1.22. The lowest BCUT2D eigenvalue weighted by Gasteiger charge is -2.04. The molecule has 0 amide bonds. The summed E-state index contributed by atoms with van der Waals surface area (Å²) < 4.78 is 5.18. The van der Waals surface area contributed by atoms with E-state index in [0.29, 0.717) is 0 Å². The number of rotatable bonds is 4. The minimum atomic E-state index is 0.0693. The molecule has 0 heterocycles. The van der Waals surface area contributed by atoms with Gasteiger partial charge in [0.15, 0.2) is 5.78 Å². The van der Waals surface area contributed by atoms with Gasteiger partial charge in [-0.2, -0.15) is 0 Å². The molecular weight excluding hydrogens is 176 g/mol. The van der Waals surface area contributed by atoms with Gasteiger partial charge in [0, 0.05) is 0 Å². The summed E-state index contributed by atoms with van der Waals surface area (Å²) >= 11 is 0. The second-order valence-electron chi connectivity index (χ2n) is 3.03. The van der Waals surface area contributed by atoms with Gasteiger partial charge in [0.25, 0.3) is 0 Å². The molecule has 0 aromatic heterocycles. The number of para-hydroxylation sites is 1. The van der Waals surface area contributed by atoms with Gasteiger partial charge in [0.2, 0.25) is 0 Å². The number of carbonyl (C=O) groups is 1. The molecule has 0 radical (unpaired) electrons. The maximum Gasteiger partial charge on any atom is 0.152 e. The summed E-state index contributed by atoms with van der Waals surface area (Å²) in [5, 5.41) is 0. The molecule has 0 spiro atoms. The van der Waals surface area contributed by atoms with Crippen LogP contribution in [0.15, 0.2) is 36.4 Å². The molecule has 0 atom stereocenters. The number of hydrogen-bond acceptors (Lipinski definition) is 2. The van der Waals surface area contributed by atoms with E-state index in [2.05, 4.69) is 0 Å². The Hall–Kier alpha value is -1.57. The van der Waals surface area contributed by atoms with E-state index in [4.69, 9.17) is 4.74 Å². The second-order valence-corrected chi connectivity index (χ2v) is 3.03. The van der Waals surface area contributed by atoms with Gasteiger partial charge in [-0.1, -0.05) is 24.3 Å². The van der Waals surface area contributed by atoms with E-state index in [1.807, 2.05) is 30.3 Å². The summed E-state index contributed by atoms with van der Waals surface area (Å²) in [7, 11) is 1.65. The van der Waals surface area contributed by atoms with Gasteiger partial charge in [-0.05, 0) is 31.1 Å². The molecular formula is C12H14O2. The smallest absolute Gasteiger partial charge is 0.152 e. The van der Waals surface area contributed by atoms with E-state index < -0.39 is 0 Å². The third-order valence-electron chi connectivity index (χ3n) is 1.88. The Labute approximate surface area is 84.2 Å². The zero-order valence-corrected chi connectivity index (χ0v) is 8.49. The minimum Gasteiger partial charge on any atom is -0.496 e. The number of hydrogen-bond donors (Lipinski definition) is 0. The van der Waals surface area contributed by atoms with Crippen molar-refractivity contribution in [2.75, 3.05) is 7.11 Å². The van der Waals surface area contributed by atoms with Crippen LogP contribution in [0.2, 0.25) is 0 Å². The number of methoxy groups -OCH3 is 1. The van der Waals surface area contributed by atoms with E-state index in [1.54, 1.807) is 20.1 Å². The SMILES string of the molecule is COc1ccccc1C/C=C/C(C)=O. The van der Waals surface area contributed by atoms with Crippen LogP contribution in [-0.2, 0) is 11.2 Å². The lowest BCUT2D eigenvalue weighted by Crippen LogP contribution is -1.90. The van der Waals surface area contributed by atoms with Crippen LogP contribution in [0.3, 0.4) is 0 Å². The molecule has 0 N–H and O–H groups in total. The molecule has 0 aliphatic rings. The average Bonchev–Trinajstić information content (AvgIpc) is 2.18. The molecule has 0 fully saturated rings. The monoisotopic (exact) mass is 190 g/mol. The summed E-state index contributed by atoms with van der Waals surface area (Å²) in [5.74, 6) is 0.931. The fourth-order valence-electron chi connectivity index (χ4n) is 1.22. The number of ketones is 1. The number of ether oxygens (including phenoxy) is 1. The van der Waals surface area contributed by atoms with Gasteiger partial charge < -0.3 is 4.74 Å². The molecule has 1 aromatic carbocycles. The molecule has 0 aliphatic carbocycles. The van der Waals surface area contributed by atoms with Crippen molar-refractivity contribution in [3.8, 4) is 5.75 Å². The molecule has 1 aromatic rings. The van der Waals surface area contributed by atoms with Crippen molar-refractivity contribution in [1.29, 1.82) is 0 Å². The van der Waals surface area contributed by atoms with Crippen LogP contribution >= 0.6 is 0 Å². The van der Waals surface area contributed by atoms with Gasteiger partial charge in [-0.15, -0.1) is 0 Å². The van der Waals surface area contributed by atoms with Gasteiger partial charge in [-0.25, -0.2) is 0 Å². The predicted molar refractivity (Wildman–Crippen MR) is 56.5 cm³/mol. The lowest BCUT2D eigenvalue weighted by atomic mass is 10.1. The van der Waals surface area contributed by atoms with Crippen LogP contribution in [0.1, 0.15) is 12.5 Å². The van der Waals surface area contributed by atoms with E-state index in [9.17, 15) is 4.79 Å². The van der Waals surface area contributed by atoms with Crippen LogP contribution in [0.5, 0.6) is 5.75 Å². The van der Waals surface area contributed by atoms with Crippen LogP contribution in [0.25, 0.3) is 0 Å². The maximum atomic E-state index is 10.7. The van der Waals surface area contributed by atoms with Gasteiger partial charge >= 0.3 is 0 Å². The number of carbonyl (C=O) groups excluding carboxylic acids is 1. The first-order valence-electron chi connectivity index (χ1n) is 4.53. The zero-order chi connectivity index (χ0) is 10.4. The quantitative estimate of drug-likeness (QED) is 0.681. The summed E-state index contributed by atoms with van der Waals surface area (Å²) in [6.07, 6.45) is 4.15. The summed E-state index contributed by atoms with van der Waals surface area (Å²) in [4.78, 5) is 10.7. The molecule has 2 heteroatoms. The highest BCUT2D eigenvalue weighted by molar-refractivity contribution is 5.87. The van der Waals surface area contributed by atoms with Crippen molar-refractivity contribution in [3.63, 3.8) is 0 Å². The highest BCUT2D eigenvalue weighted by Gasteiger charge is 1.98. The second kappa shape index (κ2) is 5.22. The van der Waals surface area contributed by atoms with Crippen molar-refractivity contribution in [2.24, 2.45) is 0 Å². The number of benzene rings is 1. The first kappa shape index (κ1) is 10.5. The lowest BCUT2D eigenvalue weighted by molar-refractivity contribution is -0.112. The largest absolute Gasteiger partial charge is 0.496 e. The standard InChI is InChI=1S/C12H14O2/c1-10(13)6-5-8-11-7-3-4-9-12(11)14-2/h3-7,9H,8H2,1-2H3/b6-5+. The van der Waals surface area contributed by atoms with Crippen LogP contribution in [0, 0.1) is 0 Å². The first-order chi connectivity index (χ1) is 6.74. The Morgan fingerprint density at radius 1 is 1.43 bits per heavy atom. The molecule has 0 aliphatic heterocycles. The zero-order valence-electron chi connectivity index (χ0n) is 8.49. The normalized spacial score (nSPS) is 10.4. The molecule has 0 unspecified atom stereocenters. The molecule has 74 valence electrons.